The van der Waals surface area contributed by atoms with Crippen LogP contribution < -0.4 is 4.90 Å². The van der Waals surface area contributed by atoms with Gasteiger partial charge in [0.2, 0.25) is 0 Å². The number of hydrogen-bond acceptors (Lipinski definition) is 0. The Bertz CT molecular complexity index is 55.2. The van der Waals surface area contributed by atoms with Crippen molar-refractivity contribution in [1.29, 1.82) is 0 Å². The first kappa shape index (κ1) is 6.70. The third kappa shape index (κ3) is 5.70. The summed E-state index contributed by atoms with van der Waals surface area (Å²) in [4.78, 5) is 1.38. The highest BCUT2D eigenvalue weighted by Crippen LogP contribution is 1.70. The van der Waals surface area contributed by atoms with E-state index >= 15 is 0 Å². The van der Waals surface area contributed by atoms with E-state index in [4.69, 9.17) is 0 Å². The molecular weight excluding hydrogens is 86.1 g/mol. The Labute approximate surface area is 45.6 Å². The number of quaternary nitrogens is 1. The van der Waals surface area contributed by atoms with Crippen LogP contribution in [0.25, 0.3) is 0 Å². The van der Waals surface area contributed by atoms with Gasteiger partial charge >= 0.3 is 0 Å². The van der Waals surface area contributed by atoms with E-state index in [-0.39, 0.29) is 0 Å². The number of allylic oxidation sites excluding steroid dienone is 1. The van der Waals surface area contributed by atoms with Gasteiger partial charge in [0.05, 0.1) is 20.3 Å². The van der Waals surface area contributed by atoms with E-state index in [0.717, 1.165) is 6.42 Å². The van der Waals surface area contributed by atoms with Crippen molar-refractivity contribution in [3.63, 3.8) is 0 Å². The third-order valence-corrected chi connectivity index (χ3v) is 0.687. The lowest BCUT2D eigenvalue weighted by atomic mass is 10.5. The Hall–Kier alpha value is -0.300. The molecule has 0 atom stereocenters. The molecule has 0 aliphatic heterocycles. The molecule has 0 bridgehead atoms. The van der Waals surface area contributed by atoms with Gasteiger partial charge in [0, 0.05) is 0 Å². The minimum atomic E-state index is 1.14. The summed E-state index contributed by atoms with van der Waals surface area (Å²) >= 11 is 0. The summed E-state index contributed by atoms with van der Waals surface area (Å²) in [6.45, 7) is 2.14. The van der Waals surface area contributed by atoms with E-state index < -0.39 is 0 Å². The van der Waals surface area contributed by atoms with Crippen molar-refractivity contribution >= 4 is 0 Å². The minimum absolute atomic E-state index is 1.14. The van der Waals surface area contributed by atoms with Gasteiger partial charge in [0.25, 0.3) is 0 Å². The van der Waals surface area contributed by atoms with E-state index in [1.165, 1.54) is 4.90 Å². The van der Waals surface area contributed by atoms with Gasteiger partial charge in [-0.05, 0) is 12.5 Å². The standard InChI is InChI=1S/C6H13N/c1-4-5-6-7(2)3/h5-6H,4H2,1-3H3/p+1. The summed E-state index contributed by atoms with van der Waals surface area (Å²) in [6.07, 6.45) is 5.44. The summed E-state index contributed by atoms with van der Waals surface area (Å²) in [5.74, 6) is 0. The maximum Gasteiger partial charge on any atom is 0.0897 e. The number of nitrogens with one attached hydrogen (secondary N) is 1. The summed E-state index contributed by atoms with van der Waals surface area (Å²) in [5.41, 5.74) is 0. The molecular formula is C6H14N+. The van der Waals surface area contributed by atoms with Gasteiger partial charge in [0.1, 0.15) is 0 Å². The first-order chi connectivity index (χ1) is 3.27. The van der Waals surface area contributed by atoms with Gasteiger partial charge in [-0.3, -0.25) is 0 Å². The van der Waals surface area contributed by atoms with Crippen molar-refractivity contribution in [3.05, 3.63) is 12.3 Å². The van der Waals surface area contributed by atoms with Gasteiger partial charge in [0.15, 0.2) is 0 Å². The lowest BCUT2D eigenvalue weighted by molar-refractivity contribution is -0.801. The highest BCUT2D eigenvalue weighted by atomic mass is 15.0. The van der Waals surface area contributed by atoms with Gasteiger partial charge in [-0.15, -0.1) is 0 Å². The average molecular weight is 100 g/mol. The molecule has 0 fully saturated rings. The second kappa shape index (κ2) is 3.88. The Kier molecular flexibility index (Phi) is 3.71. The maximum absolute atomic E-state index is 2.16. The van der Waals surface area contributed by atoms with Gasteiger partial charge in [-0.1, -0.05) is 6.92 Å². The monoisotopic (exact) mass is 100 g/mol. The van der Waals surface area contributed by atoms with E-state index in [9.17, 15) is 0 Å². The fraction of sp³-hybridized carbons (Fsp3) is 0.667. The molecule has 1 nitrogen and oxygen atoms in total. The molecule has 0 aromatic heterocycles. The van der Waals surface area contributed by atoms with Crippen LogP contribution in [-0.4, -0.2) is 14.1 Å². The summed E-state index contributed by atoms with van der Waals surface area (Å²) in [7, 11) is 4.21. The molecule has 1 heteroatoms. The Morgan fingerprint density at radius 2 is 2.00 bits per heavy atom. The fourth-order valence-corrected chi connectivity index (χ4v) is 0.354. The maximum atomic E-state index is 2.16. The van der Waals surface area contributed by atoms with Crippen molar-refractivity contribution in [1.82, 2.24) is 0 Å². The second-order valence-corrected chi connectivity index (χ2v) is 1.89. The molecule has 0 saturated heterocycles. The smallest absolute Gasteiger partial charge is 0.0897 e. The normalized spacial score (nSPS) is 11.4. The SMILES string of the molecule is CCC=C[NH+](C)C. The van der Waals surface area contributed by atoms with Crippen LogP contribution in [-0.2, 0) is 0 Å². The number of rotatable bonds is 2. The molecule has 0 spiro atoms. The predicted octanol–water partition coefficient (Wildman–Crippen LogP) is 0.0546. The van der Waals surface area contributed by atoms with Crippen LogP contribution in [0, 0.1) is 0 Å². The largest absolute Gasteiger partial charge is 0.314 e. The molecule has 0 rings (SSSR count). The van der Waals surface area contributed by atoms with Crippen LogP contribution in [0.5, 0.6) is 0 Å². The van der Waals surface area contributed by atoms with Crippen LogP contribution in [0.3, 0.4) is 0 Å². The summed E-state index contributed by atoms with van der Waals surface area (Å²) in [5, 5.41) is 0. The third-order valence-electron chi connectivity index (χ3n) is 0.687. The average Bonchev–Trinajstić information content (AvgIpc) is 1.61. The lowest BCUT2D eigenvalue weighted by Crippen LogP contribution is -3.00. The van der Waals surface area contributed by atoms with Crippen LogP contribution in [0.2, 0.25) is 0 Å². The van der Waals surface area contributed by atoms with Crippen LogP contribution >= 0.6 is 0 Å². The van der Waals surface area contributed by atoms with Crippen molar-refractivity contribution in [3.8, 4) is 0 Å². The van der Waals surface area contributed by atoms with Crippen LogP contribution in [0.4, 0.5) is 0 Å². The minimum Gasteiger partial charge on any atom is -0.314 e. The zero-order valence-electron chi connectivity index (χ0n) is 5.36. The van der Waals surface area contributed by atoms with E-state index in [0.29, 0.717) is 0 Å². The predicted molar refractivity (Wildman–Crippen MR) is 32.2 cm³/mol. The molecule has 0 radical (unpaired) electrons. The van der Waals surface area contributed by atoms with Crippen molar-refractivity contribution in [2.75, 3.05) is 14.1 Å². The summed E-state index contributed by atoms with van der Waals surface area (Å²) in [6, 6.07) is 0. The Morgan fingerprint density at radius 3 is 2.14 bits per heavy atom. The quantitative estimate of drug-likeness (QED) is 0.500. The molecule has 7 heavy (non-hydrogen) atoms. The van der Waals surface area contributed by atoms with Crippen LogP contribution in [0.1, 0.15) is 13.3 Å². The fourth-order valence-electron chi connectivity index (χ4n) is 0.354. The highest BCUT2D eigenvalue weighted by molar-refractivity contribution is 4.67. The van der Waals surface area contributed by atoms with Crippen molar-refractivity contribution in [2.45, 2.75) is 13.3 Å². The van der Waals surface area contributed by atoms with E-state index in [1.54, 1.807) is 0 Å². The Balaban J connectivity index is 3.08. The van der Waals surface area contributed by atoms with Gasteiger partial charge in [-0.25, -0.2) is 0 Å². The highest BCUT2D eigenvalue weighted by Gasteiger charge is 1.75. The molecule has 0 aliphatic rings. The molecule has 42 valence electrons. The first-order valence-electron chi connectivity index (χ1n) is 2.74. The zero-order chi connectivity index (χ0) is 5.70. The molecule has 0 aliphatic carbocycles. The van der Waals surface area contributed by atoms with Crippen LogP contribution in [0.15, 0.2) is 12.3 Å². The van der Waals surface area contributed by atoms with Gasteiger partial charge in [-0.2, -0.15) is 0 Å². The zero-order valence-corrected chi connectivity index (χ0v) is 5.36. The molecule has 1 N–H and O–H groups in total. The first-order valence-corrected chi connectivity index (χ1v) is 2.74. The molecule has 0 heterocycles. The molecule has 0 saturated carbocycles. The molecule has 0 amide bonds. The van der Waals surface area contributed by atoms with Crippen molar-refractivity contribution < 1.29 is 4.90 Å². The lowest BCUT2D eigenvalue weighted by Gasteiger charge is -1.93. The molecule has 0 unspecified atom stereocenters. The van der Waals surface area contributed by atoms with E-state index in [1.807, 2.05) is 0 Å². The molecule has 0 aromatic carbocycles. The topological polar surface area (TPSA) is 4.44 Å². The number of hydrogen-bond donors (Lipinski definition) is 1. The van der Waals surface area contributed by atoms with Crippen molar-refractivity contribution in [2.24, 2.45) is 0 Å². The van der Waals surface area contributed by atoms with Gasteiger partial charge < -0.3 is 4.90 Å². The van der Waals surface area contributed by atoms with E-state index in [2.05, 4.69) is 33.3 Å². The second-order valence-electron chi connectivity index (χ2n) is 1.89. The Morgan fingerprint density at radius 1 is 1.43 bits per heavy atom. The molecule has 0 aromatic rings. The summed E-state index contributed by atoms with van der Waals surface area (Å²) < 4.78 is 0.